The molecule has 0 aliphatic carbocycles. The first kappa shape index (κ1) is 27.6. The molecule has 1 amide bonds. The molecule has 9 heteroatoms. The second-order valence-corrected chi connectivity index (χ2v) is 8.88. The first-order valence-electron chi connectivity index (χ1n) is 11.7. The molecule has 1 saturated heterocycles. The van der Waals surface area contributed by atoms with Crippen molar-refractivity contribution in [2.45, 2.75) is 58.7 Å². The number of aldehydes is 1. The van der Waals surface area contributed by atoms with Crippen molar-refractivity contribution in [3.8, 4) is 0 Å². The summed E-state index contributed by atoms with van der Waals surface area (Å²) in [5, 5.41) is 3.67. The molecular weight excluding hydrogens is 447 g/mol. The number of carbonyl (C=O) groups is 3. The zero-order valence-electron chi connectivity index (χ0n) is 20.0. The summed E-state index contributed by atoms with van der Waals surface area (Å²) in [7, 11) is 0. The summed E-state index contributed by atoms with van der Waals surface area (Å²) in [4.78, 5) is 36.3. The lowest BCUT2D eigenvalue weighted by molar-refractivity contribution is -0.156. The molecule has 0 unspecified atom stereocenters. The summed E-state index contributed by atoms with van der Waals surface area (Å²) in [5.41, 5.74) is 1.48. The van der Waals surface area contributed by atoms with Crippen LogP contribution in [0.1, 0.15) is 62.9 Å². The standard InChI is InChI=1S/C23H33N3O2.C2HF3O/c1-4-7-18-10-13-25(14-11-18)15-12-24-23(28)22(27)20-16-26(17(2)3)21-9-6-5-8-19(20)21;3-2(4,5)1-6/h5-6,8-9,16-18H,4,7,10-15H2,1-3H3,(H,24,28);1H. The van der Waals surface area contributed by atoms with Crippen molar-refractivity contribution >= 4 is 28.9 Å². The molecule has 2 aromatic rings. The van der Waals surface area contributed by atoms with E-state index in [9.17, 15) is 22.8 Å². The van der Waals surface area contributed by atoms with Gasteiger partial charge in [0.1, 0.15) is 0 Å². The average Bonchev–Trinajstić information content (AvgIpc) is 3.20. The van der Waals surface area contributed by atoms with Gasteiger partial charge in [0, 0.05) is 36.2 Å². The molecule has 1 aromatic heterocycles. The Labute approximate surface area is 198 Å². The number of aromatic nitrogens is 1. The fraction of sp³-hybridized carbons (Fsp3) is 0.560. The van der Waals surface area contributed by atoms with Crippen molar-refractivity contribution in [2.75, 3.05) is 26.2 Å². The quantitative estimate of drug-likeness (QED) is 0.335. The van der Waals surface area contributed by atoms with Gasteiger partial charge in [-0.2, -0.15) is 13.2 Å². The highest BCUT2D eigenvalue weighted by atomic mass is 19.4. The number of fused-ring (bicyclic) bond motifs is 1. The third-order valence-electron chi connectivity index (χ3n) is 6.00. The van der Waals surface area contributed by atoms with Gasteiger partial charge in [0.15, 0.2) is 0 Å². The third-order valence-corrected chi connectivity index (χ3v) is 6.00. The summed E-state index contributed by atoms with van der Waals surface area (Å²) < 4.78 is 33.3. The molecule has 0 saturated carbocycles. The normalized spacial score (nSPS) is 15.1. The molecule has 3 rings (SSSR count). The molecule has 34 heavy (non-hydrogen) atoms. The van der Waals surface area contributed by atoms with Crippen LogP contribution >= 0.6 is 0 Å². The maximum atomic E-state index is 12.8. The van der Waals surface area contributed by atoms with Crippen LogP contribution in [-0.2, 0) is 9.59 Å². The Morgan fingerprint density at radius 3 is 2.35 bits per heavy atom. The van der Waals surface area contributed by atoms with Crippen LogP contribution in [0.5, 0.6) is 0 Å². The molecule has 188 valence electrons. The van der Waals surface area contributed by atoms with Gasteiger partial charge < -0.3 is 14.8 Å². The van der Waals surface area contributed by atoms with Gasteiger partial charge in [0.05, 0.1) is 5.56 Å². The number of Topliss-reactive ketones (excluding diaryl/α,β-unsaturated/α-hetero) is 1. The minimum absolute atomic E-state index is 0.227. The number of ketones is 1. The van der Waals surface area contributed by atoms with Crippen molar-refractivity contribution in [1.82, 2.24) is 14.8 Å². The second kappa shape index (κ2) is 12.7. The Hall–Kier alpha value is -2.68. The fourth-order valence-corrected chi connectivity index (χ4v) is 4.25. The molecule has 1 fully saturated rings. The molecule has 6 nitrogen and oxygen atoms in total. The SMILES string of the molecule is CCCC1CCN(CCNC(=O)C(=O)c2cn(C(C)C)c3ccccc23)CC1.O=CC(F)(F)F. The molecule has 1 aliphatic rings. The zero-order chi connectivity index (χ0) is 25.3. The zero-order valence-corrected chi connectivity index (χ0v) is 20.0. The van der Waals surface area contributed by atoms with Gasteiger partial charge in [-0.25, -0.2) is 0 Å². The van der Waals surface area contributed by atoms with E-state index in [0.717, 1.165) is 36.5 Å². The predicted molar refractivity (Wildman–Crippen MR) is 126 cm³/mol. The van der Waals surface area contributed by atoms with E-state index in [0.29, 0.717) is 12.1 Å². The van der Waals surface area contributed by atoms with E-state index in [1.165, 1.54) is 25.7 Å². The van der Waals surface area contributed by atoms with E-state index in [4.69, 9.17) is 4.79 Å². The Morgan fingerprint density at radius 2 is 1.79 bits per heavy atom. The lowest BCUT2D eigenvalue weighted by atomic mass is 9.92. The highest BCUT2D eigenvalue weighted by molar-refractivity contribution is 6.45. The molecule has 0 atom stereocenters. The number of nitrogens with zero attached hydrogens (tertiary/aromatic N) is 2. The monoisotopic (exact) mass is 481 g/mol. The number of para-hydroxylation sites is 1. The van der Waals surface area contributed by atoms with Gasteiger partial charge >= 0.3 is 6.18 Å². The van der Waals surface area contributed by atoms with E-state index >= 15 is 0 Å². The number of hydrogen-bond donors (Lipinski definition) is 1. The number of hydrogen-bond acceptors (Lipinski definition) is 4. The molecule has 1 aromatic carbocycles. The molecule has 1 aliphatic heterocycles. The van der Waals surface area contributed by atoms with Crippen LogP contribution in [-0.4, -0.2) is 59.8 Å². The van der Waals surface area contributed by atoms with Crippen molar-refractivity contribution in [2.24, 2.45) is 5.92 Å². The lowest BCUT2D eigenvalue weighted by Gasteiger charge is -2.31. The molecule has 1 N–H and O–H groups in total. The van der Waals surface area contributed by atoms with E-state index in [1.807, 2.05) is 30.5 Å². The highest BCUT2D eigenvalue weighted by Crippen LogP contribution is 2.25. The van der Waals surface area contributed by atoms with Gasteiger partial charge in [-0.15, -0.1) is 0 Å². The number of rotatable bonds is 8. The molecular formula is C25H34F3N3O3. The van der Waals surface area contributed by atoms with Crippen molar-refractivity contribution in [1.29, 1.82) is 0 Å². The number of amides is 1. The fourth-order valence-electron chi connectivity index (χ4n) is 4.25. The molecule has 2 heterocycles. The van der Waals surface area contributed by atoms with Gasteiger partial charge in [0.25, 0.3) is 11.7 Å². The number of piperidine rings is 1. The van der Waals surface area contributed by atoms with Gasteiger partial charge in [-0.1, -0.05) is 38.0 Å². The Morgan fingerprint density at radius 1 is 1.18 bits per heavy atom. The van der Waals surface area contributed by atoms with E-state index < -0.39 is 24.2 Å². The van der Waals surface area contributed by atoms with Crippen LogP contribution in [0.4, 0.5) is 13.2 Å². The number of benzene rings is 1. The van der Waals surface area contributed by atoms with E-state index in [-0.39, 0.29) is 6.04 Å². The van der Waals surface area contributed by atoms with Crippen LogP contribution < -0.4 is 5.32 Å². The van der Waals surface area contributed by atoms with Crippen LogP contribution in [0.3, 0.4) is 0 Å². The minimum Gasteiger partial charge on any atom is -0.348 e. The summed E-state index contributed by atoms with van der Waals surface area (Å²) in [5.74, 6) is -0.0968. The smallest absolute Gasteiger partial charge is 0.348 e. The molecule has 0 bridgehead atoms. The molecule has 0 radical (unpaired) electrons. The molecule has 0 spiro atoms. The van der Waals surface area contributed by atoms with Crippen LogP contribution in [0.2, 0.25) is 0 Å². The van der Waals surface area contributed by atoms with Crippen molar-refractivity contribution in [3.05, 3.63) is 36.0 Å². The summed E-state index contributed by atoms with van der Waals surface area (Å²) in [6.45, 7) is 9.91. The maximum Gasteiger partial charge on any atom is 0.446 e. The first-order valence-corrected chi connectivity index (χ1v) is 11.7. The number of alkyl halides is 3. The van der Waals surface area contributed by atoms with Crippen LogP contribution in [0.25, 0.3) is 10.9 Å². The van der Waals surface area contributed by atoms with Gasteiger partial charge in [-0.05, 0) is 51.8 Å². The predicted octanol–water partition coefficient (Wildman–Crippen LogP) is 4.78. The van der Waals surface area contributed by atoms with E-state index in [1.54, 1.807) is 0 Å². The number of nitrogens with one attached hydrogen (secondary N) is 1. The summed E-state index contributed by atoms with van der Waals surface area (Å²) in [6, 6.07) is 8.00. The van der Waals surface area contributed by atoms with Crippen molar-refractivity contribution in [3.63, 3.8) is 0 Å². The summed E-state index contributed by atoms with van der Waals surface area (Å²) >= 11 is 0. The van der Waals surface area contributed by atoms with Gasteiger partial charge in [0.2, 0.25) is 6.29 Å². The topological polar surface area (TPSA) is 71.4 Å². The third kappa shape index (κ3) is 7.97. The number of likely N-dealkylation sites (tertiary alicyclic amines) is 1. The minimum atomic E-state index is -4.64. The average molecular weight is 482 g/mol. The second-order valence-electron chi connectivity index (χ2n) is 8.88. The van der Waals surface area contributed by atoms with Gasteiger partial charge in [-0.3, -0.25) is 14.4 Å². The number of halogens is 3. The van der Waals surface area contributed by atoms with Crippen LogP contribution in [0.15, 0.2) is 30.5 Å². The number of carbonyl (C=O) groups excluding carboxylic acids is 3. The highest BCUT2D eigenvalue weighted by Gasteiger charge is 2.25. The lowest BCUT2D eigenvalue weighted by Crippen LogP contribution is -2.41. The Kier molecular flexibility index (Phi) is 10.3. The summed E-state index contributed by atoms with van der Waals surface area (Å²) in [6.07, 6.45) is 1.19. The Bertz CT molecular complexity index is 961. The van der Waals surface area contributed by atoms with E-state index in [2.05, 4.69) is 35.6 Å². The Balaban J connectivity index is 0.000000604. The largest absolute Gasteiger partial charge is 0.446 e. The van der Waals surface area contributed by atoms with Crippen LogP contribution in [0, 0.1) is 5.92 Å². The first-order chi connectivity index (χ1) is 16.1. The maximum absolute atomic E-state index is 12.8. The van der Waals surface area contributed by atoms with Crippen molar-refractivity contribution < 1.29 is 27.6 Å².